The lowest BCUT2D eigenvalue weighted by atomic mass is 9.87. The van der Waals surface area contributed by atoms with E-state index in [9.17, 15) is 10.2 Å². The lowest BCUT2D eigenvalue weighted by Gasteiger charge is -2.28. The summed E-state index contributed by atoms with van der Waals surface area (Å²) in [5, 5.41) is 22.6. The number of aliphatic hydroxyl groups excluding tert-OH is 2. The van der Waals surface area contributed by atoms with E-state index < -0.39 is 12.2 Å². The van der Waals surface area contributed by atoms with Gasteiger partial charge in [-0.05, 0) is 87.7 Å². The number of imidazole rings is 1. The monoisotopic (exact) mass is 547 g/mol. The number of aryl methyl sites for hydroxylation is 1. The summed E-state index contributed by atoms with van der Waals surface area (Å²) in [5.41, 5.74) is 10.3. The average Bonchev–Trinajstić information content (AvgIpc) is 3.59. The summed E-state index contributed by atoms with van der Waals surface area (Å²) in [7, 11) is 0. The predicted octanol–water partition coefficient (Wildman–Crippen LogP) is 4.59. The summed E-state index contributed by atoms with van der Waals surface area (Å²) in [6.45, 7) is 13.0. The molecule has 0 amide bonds. The van der Waals surface area contributed by atoms with Gasteiger partial charge in [-0.15, -0.1) is 0 Å². The van der Waals surface area contributed by atoms with E-state index in [1.807, 2.05) is 16.8 Å². The number of nitrogens with zero attached hydrogens (tertiary/aromatic N) is 5. The molecule has 4 atom stereocenters. The van der Waals surface area contributed by atoms with Gasteiger partial charge in [-0.2, -0.15) is 0 Å². The van der Waals surface area contributed by atoms with E-state index in [1.165, 1.54) is 11.9 Å². The van der Waals surface area contributed by atoms with Crippen molar-refractivity contribution < 1.29 is 10.2 Å². The Kier molecular flexibility index (Phi) is 8.17. The zero-order valence-electron chi connectivity index (χ0n) is 24.5. The first-order chi connectivity index (χ1) is 19.0. The smallest absolute Gasteiger partial charge is 0.145 e. The molecule has 4 aromatic rings. The second kappa shape index (κ2) is 11.5. The Morgan fingerprint density at radius 2 is 1.90 bits per heavy atom. The third-order valence-electron chi connectivity index (χ3n) is 8.69. The lowest BCUT2D eigenvalue weighted by molar-refractivity contribution is 0.00328. The molecule has 0 unspecified atom stereocenters. The number of aliphatic hydroxyl groups is 2. The summed E-state index contributed by atoms with van der Waals surface area (Å²) in [4.78, 5) is 19.3. The Balaban J connectivity index is 1.13. The molecule has 1 saturated carbocycles. The fourth-order valence-corrected chi connectivity index (χ4v) is 6.13. The van der Waals surface area contributed by atoms with Gasteiger partial charge >= 0.3 is 0 Å². The number of hydrogen-bond acceptors (Lipinski definition) is 7. The molecule has 5 N–H and O–H groups in total. The van der Waals surface area contributed by atoms with Crippen LogP contribution in [0.4, 0.5) is 5.82 Å². The first kappa shape index (κ1) is 28.5. The van der Waals surface area contributed by atoms with Crippen LogP contribution in [0.2, 0.25) is 0 Å². The number of aromatic amines is 1. The number of fused-ring (bicyclic) bond motifs is 2. The number of rotatable bonds is 10. The molecule has 0 spiro atoms. The largest absolute Gasteiger partial charge is 0.390 e. The minimum Gasteiger partial charge on any atom is -0.390 e. The van der Waals surface area contributed by atoms with Crippen LogP contribution in [0.1, 0.15) is 77.7 Å². The minimum absolute atomic E-state index is 0.0198. The highest BCUT2D eigenvalue weighted by Crippen LogP contribution is 2.39. The molecule has 0 aliphatic heterocycles. The van der Waals surface area contributed by atoms with E-state index in [2.05, 4.69) is 72.7 Å². The number of aromatic nitrogens is 5. The van der Waals surface area contributed by atoms with Crippen molar-refractivity contribution in [2.45, 2.75) is 96.4 Å². The number of H-pyrrole nitrogens is 1. The molecule has 3 aromatic heterocycles. The van der Waals surface area contributed by atoms with Gasteiger partial charge in [0.25, 0.3) is 0 Å². The van der Waals surface area contributed by atoms with Gasteiger partial charge in [0.15, 0.2) is 0 Å². The van der Waals surface area contributed by atoms with E-state index in [1.54, 1.807) is 0 Å². The van der Waals surface area contributed by atoms with Crippen LogP contribution in [-0.4, -0.2) is 71.0 Å². The normalized spacial score (nSPS) is 21.9. The molecule has 9 nitrogen and oxygen atoms in total. The highest BCUT2D eigenvalue weighted by Gasteiger charge is 2.42. The number of hydrogen-bond donors (Lipinski definition) is 4. The zero-order valence-corrected chi connectivity index (χ0v) is 24.5. The molecule has 40 heavy (non-hydrogen) atoms. The quantitative estimate of drug-likeness (QED) is 0.214. The van der Waals surface area contributed by atoms with Crippen LogP contribution in [0.15, 0.2) is 36.8 Å². The second-order valence-corrected chi connectivity index (χ2v) is 12.8. The summed E-state index contributed by atoms with van der Waals surface area (Å²) in [5.74, 6) is 1.50. The Labute approximate surface area is 236 Å². The maximum Gasteiger partial charge on any atom is 0.145 e. The van der Waals surface area contributed by atoms with Crippen LogP contribution in [0.3, 0.4) is 0 Å². The van der Waals surface area contributed by atoms with Gasteiger partial charge in [-0.3, -0.25) is 0 Å². The van der Waals surface area contributed by atoms with E-state index in [-0.39, 0.29) is 17.4 Å². The molecule has 0 bridgehead atoms. The molecule has 216 valence electrons. The zero-order chi connectivity index (χ0) is 28.6. The van der Waals surface area contributed by atoms with Crippen molar-refractivity contribution in [3.8, 4) is 0 Å². The van der Waals surface area contributed by atoms with Crippen LogP contribution in [0, 0.1) is 5.92 Å². The predicted molar refractivity (Wildman–Crippen MR) is 160 cm³/mol. The Morgan fingerprint density at radius 1 is 1.10 bits per heavy atom. The molecule has 0 saturated heterocycles. The standard InChI is InChI=1S/C31H45N7O2/c1-19(2)37(13-7-6-8-26-35-23-10-9-21(31(3,4)5)17-24(23)36-26)14-11-20-16-25(28(40)27(20)39)38-15-12-22-29(32)33-18-34-30(22)38/h9-10,12,15,17-20,25,27-28,39-40H,6-8,11,13-14,16H2,1-5H3,(H,35,36)(H2,32,33,34)/t20-,25+,27+,28-/m0/s1. The molecule has 5 rings (SSSR count). The summed E-state index contributed by atoms with van der Waals surface area (Å²) < 4.78 is 1.95. The van der Waals surface area contributed by atoms with Crippen LogP contribution in [0.5, 0.6) is 0 Å². The molecule has 9 heteroatoms. The number of nitrogens with two attached hydrogens (primary N) is 1. The lowest BCUT2D eigenvalue weighted by Crippen LogP contribution is -2.35. The number of nitrogens with one attached hydrogen (secondary N) is 1. The van der Waals surface area contributed by atoms with E-state index >= 15 is 0 Å². The van der Waals surface area contributed by atoms with Crippen molar-refractivity contribution in [2.24, 2.45) is 5.92 Å². The molecule has 3 heterocycles. The van der Waals surface area contributed by atoms with Crippen LogP contribution in [0.25, 0.3) is 22.1 Å². The van der Waals surface area contributed by atoms with Gasteiger partial charge in [0.1, 0.15) is 29.7 Å². The Bertz CT molecular complexity index is 1440. The first-order valence-corrected chi connectivity index (χ1v) is 14.7. The molecular formula is C31H45N7O2. The summed E-state index contributed by atoms with van der Waals surface area (Å²) >= 11 is 0. The maximum atomic E-state index is 10.9. The highest BCUT2D eigenvalue weighted by molar-refractivity contribution is 5.86. The number of anilines is 1. The van der Waals surface area contributed by atoms with Crippen molar-refractivity contribution in [2.75, 3.05) is 18.8 Å². The molecule has 1 fully saturated rings. The van der Waals surface area contributed by atoms with Gasteiger partial charge in [0, 0.05) is 18.7 Å². The summed E-state index contributed by atoms with van der Waals surface area (Å²) in [6, 6.07) is 8.60. The van der Waals surface area contributed by atoms with Crippen molar-refractivity contribution in [3.63, 3.8) is 0 Å². The van der Waals surface area contributed by atoms with Crippen LogP contribution >= 0.6 is 0 Å². The molecule has 1 aromatic carbocycles. The van der Waals surface area contributed by atoms with Crippen molar-refractivity contribution >= 4 is 27.9 Å². The third kappa shape index (κ3) is 5.87. The fraction of sp³-hybridized carbons (Fsp3) is 0.581. The van der Waals surface area contributed by atoms with Gasteiger partial charge in [-0.1, -0.05) is 26.8 Å². The average molecular weight is 548 g/mol. The number of benzene rings is 1. The first-order valence-electron chi connectivity index (χ1n) is 14.7. The molecule has 1 aliphatic carbocycles. The maximum absolute atomic E-state index is 10.9. The Hall–Kier alpha value is -3.01. The van der Waals surface area contributed by atoms with Crippen molar-refractivity contribution in [1.82, 2.24) is 29.4 Å². The van der Waals surface area contributed by atoms with Gasteiger partial charge < -0.3 is 30.4 Å². The van der Waals surface area contributed by atoms with E-state index in [4.69, 9.17) is 10.7 Å². The highest BCUT2D eigenvalue weighted by atomic mass is 16.3. The molecular weight excluding hydrogens is 502 g/mol. The topological polar surface area (TPSA) is 129 Å². The number of nitrogen functional groups attached to an aromatic ring is 1. The fourth-order valence-electron chi connectivity index (χ4n) is 6.13. The Morgan fingerprint density at radius 3 is 2.65 bits per heavy atom. The molecule has 0 radical (unpaired) electrons. The number of unbranched alkanes of at least 4 members (excludes halogenated alkanes) is 1. The SMILES string of the molecule is CC(C)N(CCCCc1nc2cc(C(C)(C)C)ccc2[nH]1)CC[C@H]1C[C@@H](n2ccc3c(N)ncnc32)[C@H](O)[C@@H]1O. The van der Waals surface area contributed by atoms with Crippen LogP contribution < -0.4 is 5.73 Å². The second-order valence-electron chi connectivity index (χ2n) is 12.8. The van der Waals surface area contributed by atoms with Gasteiger partial charge in [0.2, 0.25) is 0 Å². The third-order valence-corrected chi connectivity index (χ3v) is 8.69. The van der Waals surface area contributed by atoms with Crippen molar-refractivity contribution in [3.05, 3.63) is 48.2 Å². The van der Waals surface area contributed by atoms with Crippen LogP contribution in [-0.2, 0) is 11.8 Å². The van der Waals surface area contributed by atoms with E-state index in [0.29, 0.717) is 23.9 Å². The summed E-state index contributed by atoms with van der Waals surface area (Å²) in [6.07, 6.45) is 6.35. The van der Waals surface area contributed by atoms with Gasteiger partial charge in [0.05, 0.1) is 28.6 Å². The van der Waals surface area contributed by atoms with Gasteiger partial charge in [-0.25, -0.2) is 15.0 Å². The molecule has 1 aliphatic rings. The minimum atomic E-state index is -0.840. The van der Waals surface area contributed by atoms with Crippen molar-refractivity contribution in [1.29, 1.82) is 0 Å². The van der Waals surface area contributed by atoms with E-state index in [0.717, 1.165) is 61.0 Å².